The Hall–Kier alpha value is -2.46. The maximum Gasteiger partial charge on any atom is 0.168 e. The van der Waals surface area contributed by atoms with E-state index < -0.39 is 0 Å². The van der Waals surface area contributed by atoms with E-state index in [1.807, 2.05) is 18.2 Å². The van der Waals surface area contributed by atoms with E-state index in [-0.39, 0.29) is 0 Å². The lowest BCUT2D eigenvalue weighted by molar-refractivity contribution is 0.136. The number of pyridine rings is 1. The van der Waals surface area contributed by atoms with Crippen molar-refractivity contribution in [1.82, 2.24) is 15.0 Å². The summed E-state index contributed by atoms with van der Waals surface area (Å²) in [6.45, 7) is 3.01. The van der Waals surface area contributed by atoms with E-state index in [9.17, 15) is 0 Å². The minimum Gasteiger partial charge on any atom is -0.356 e. The zero-order valence-corrected chi connectivity index (χ0v) is 12.2. The van der Waals surface area contributed by atoms with E-state index in [1.54, 1.807) is 12.4 Å². The molecule has 0 aliphatic carbocycles. The van der Waals surface area contributed by atoms with Crippen molar-refractivity contribution in [2.24, 2.45) is 0 Å². The fourth-order valence-electron chi connectivity index (χ4n) is 2.89. The second-order valence-corrected chi connectivity index (χ2v) is 5.73. The Morgan fingerprint density at radius 3 is 2.73 bits per heavy atom. The highest BCUT2D eigenvalue weighted by molar-refractivity contribution is 5.55. The topological polar surface area (TPSA) is 42.2 Å². The summed E-state index contributed by atoms with van der Waals surface area (Å²) in [5.41, 5.74) is 3.37. The smallest absolute Gasteiger partial charge is 0.168 e. The monoisotopic (exact) mass is 291 g/mol. The van der Waals surface area contributed by atoms with Crippen LogP contribution >= 0.6 is 0 Å². The number of likely N-dealkylation sites (tertiary alicyclic amines) is 1. The summed E-state index contributed by atoms with van der Waals surface area (Å²) in [6, 6.07) is 16.6. The van der Waals surface area contributed by atoms with Gasteiger partial charge >= 0.3 is 0 Å². The number of rotatable bonds is 4. The van der Waals surface area contributed by atoms with E-state index in [0.717, 1.165) is 36.7 Å². The molecule has 22 heavy (non-hydrogen) atoms. The Morgan fingerprint density at radius 1 is 1.09 bits per heavy atom. The van der Waals surface area contributed by atoms with E-state index in [0.29, 0.717) is 5.92 Å². The van der Waals surface area contributed by atoms with Crippen molar-refractivity contribution in [2.75, 3.05) is 13.1 Å². The van der Waals surface area contributed by atoms with Crippen molar-refractivity contribution in [2.45, 2.75) is 12.5 Å². The van der Waals surface area contributed by atoms with Gasteiger partial charge < -0.3 is 4.52 Å². The highest BCUT2D eigenvalue weighted by Crippen LogP contribution is 2.28. The molecule has 4 rings (SSSR count). The van der Waals surface area contributed by atoms with Crippen molar-refractivity contribution in [3.8, 4) is 11.3 Å². The van der Waals surface area contributed by atoms with Gasteiger partial charge in [-0.25, -0.2) is 0 Å². The number of benzene rings is 1. The maximum absolute atomic E-state index is 5.41. The molecule has 0 unspecified atom stereocenters. The van der Waals surface area contributed by atoms with E-state index >= 15 is 0 Å². The summed E-state index contributed by atoms with van der Waals surface area (Å²) >= 11 is 0. The molecular formula is C18H17N3O. The molecule has 0 atom stereocenters. The van der Waals surface area contributed by atoms with Gasteiger partial charge in [0, 0.05) is 49.6 Å². The molecule has 1 fully saturated rings. The maximum atomic E-state index is 5.41. The molecule has 110 valence electrons. The van der Waals surface area contributed by atoms with Gasteiger partial charge in [0.05, 0.1) is 5.69 Å². The Kier molecular flexibility index (Phi) is 3.45. The van der Waals surface area contributed by atoms with Crippen LogP contribution in [0.25, 0.3) is 11.3 Å². The van der Waals surface area contributed by atoms with E-state index in [4.69, 9.17) is 4.52 Å². The lowest BCUT2D eigenvalue weighted by atomic mass is 9.91. The van der Waals surface area contributed by atoms with Crippen molar-refractivity contribution >= 4 is 0 Å². The first-order valence-electron chi connectivity index (χ1n) is 7.52. The first-order chi connectivity index (χ1) is 10.9. The fraction of sp³-hybridized carbons (Fsp3) is 0.222. The molecule has 0 N–H and O–H groups in total. The molecule has 3 aromatic rings. The summed E-state index contributed by atoms with van der Waals surface area (Å²) in [5, 5.41) is 4.17. The van der Waals surface area contributed by atoms with Crippen LogP contribution in [0.5, 0.6) is 0 Å². The molecular weight excluding hydrogens is 274 g/mol. The van der Waals surface area contributed by atoms with Crippen LogP contribution in [0, 0.1) is 0 Å². The molecule has 4 heteroatoms. The predicted molar refractivity (Wildman–Crippen MR) is 84.2 cm³/mol. The average Bonchev–Trinajstić information content (AvgIpc) is 3.01. The molecule has 1 aliphatic rings. The normalized spacial score (nSPS) is 15.6. The third-order valence-electron chi connectivity index (χ3n) is 4.12. The van der Waals surface area contributed by atoms with Gasteiger partial charge in [0.1, 0.15) is 0 Å². The minimum atomic E-state index is 0.644. The lowest BCUT2D eigenvalue weighted by Gasteiger charge is -2.39. The van der Waals surface area contributed by atoms with Gasteiger partial charge in [0.2, 0.25) is 0 Å². The van der Waals surface area contributed by atoms with Crippen molar-refractivity contribution < 1.29 is 4.52 Å². The third-order valence-corrected chi connectivity index (χ3v) is 4.12. The predicted octanol–water partition coefficient (Wildman–Crippen LogP) is 3.34. The Morgan fingerprint density at radius 2 is 1.95 bits per heavy atom. The highest BCUT2D eigenvalue weighted by atomic mass is 16.5. The molecule has 4 nitrogen and oxygen atoms in total. The molecule has 0 amide bonds. The van der Waals surface area contributed by atoms with Gasteiger partial charge in [0.15, 0.2) is 5.76 Å². The highest BCUT2D eigenvalue weighted by Gasteiger charge is 2.28. The van der Waals surface area contributed by atoms with Gasteiger partial charge in [-0.05, 0) is 17.7 Å². The van der Waals surface area contributed by atoms with Gasteiger partial charge in [-0.15, -0.1) is 0 Å². The minimum absolute atomic E-state index is 0.644. The van der Waals surface area contributed by atoms with Crippen LogP contribution < -0.4 is 0 Å². The summed E-state index contributed by atoms with van der Waals surface area (Å²) in [7, 11) is 0. The van der Waals surface area contributed by atoms with Gasteiger partial charge in [-0.1, -0.05) is 35.5 Å². The Balaban J connectivity index is 1.37. The van der Waals surface area contributed by atoms with Crippen LogP contribution in [-0.2, 0) is 6.54 Å². The van der Waals surface area contributed by atoms with Gasteiger partial charge in [-0.3, -0.25) is 9.88 Å². The Bertz CT molecular complexity index is 733. The number of aromatic nitrogens is 2. The first-order valence-corrected chi connectivity index (χ1v) is 7.52. The van der Waals surface area contributed by atoms with E-state index in [1.165, 1.54) is 5.56 Å². The van der Waals surface area contributed by atoms with Crippen LogP contribution in [0.3, 0.4) is 0 Å². The zero-order valence-electron chi connectivity index (χ0n) is 12.2. The molecule has 0 saturated carbocycles. The molecule has 0 bridgehead atoms. The van der Waals surface area contributed by atoms with Crippen LogP contribution in [0.2, 0.25) is 0 Å². The number of nitrogens with zero attached hydrogens (tertiary/aromatic N) is 3. The largest absolute Gasteiger partial charge is 0.356 e. The molecule has 1 aromatic carbocycles. The van der Waals surface area contributed by atoms with E-state index in [2.05, 4.69) is 45.4 Å². The molecule has 2 aromatic heterocycles. The van der Waals surface area contributed by atoms with Crippen molar-refractivity contribution in [1.29, 1.82) is 0 Å². The summed E-state index contributed by atoms with van der Waals surface area (Å²) < 4.78 is 5.41. The molecule has 1 aliphatic heterocycles. The second kappa shape index (κ2) is 5.73. The summed E-state index contributed by atoms with van der Waals surface area (Å²) in [5.74, 6) is 1.43. The SMILES string of the molecule is c1ccc(C2CN(Cc3cc(-c4cccnc4)on3)C2)cc1. The van der Waals surface area contributed by atoms with Crippen LogP contribution in [0.15, 0.2) is 65.4 Å². The number of hydrogen-bond acceptors (Lipinski definition) is 4. The first kappa shape index (κ1) is 13.2. The lowest BCUT2D eigenvalue weighted by Crippen LogP contribution is -2.44. The third kappa shape index (κ3) is 2.65. The molecule has 3 heterocycles. The van der Waals surface area contributed by atoms with Crippen molar-refractivity contribution in [3.05, 3.63) is 72.2 Å². The van der Waals surface area contributed by atoms with Crippen LogP contribution in [0.1, 0.15) is 17.2 Å². The van der Waals surface area contributed by atoms with Crippen LogP contribution in [0.4, 0.5) is 0 Å². The zero-order chi connectivity index (χ0) is 14.8. The average molecular weight is 291 g/mol. The van der Waals surface area contributed by atoms with Crippen LogP contribution in [-0.4, -0.2) is 28.1 Å². The van der Waals surface area contributed by atoms with Gasteiger partial charge in [-0.2, -0.15) is 0 Å². The van der Waals surface area contributed by atoms with Crippen molar-refractivity contribution in [3.63, 3.8) is 0 Å². The second-order valence-electron chi connectivity index (χ2n) is 5.73. The fourth-order valence-corrected chi connectivity index (χ4v) is 2.89. The number of hydrogen-bond donors (Lipinski definition) is 0. The Labute approximate surface area is 129 Å². The van der Waals surface area contributed by atoms with Gasteiger partial charge in [0.25, 0.3) is 0 Å². The summed E-state index contributed by atoms with van der Waals surface area (Å²) in [6.07, 6.45) is 3.55. The standard InChI is InChI=1S/C18H17N3O/c1-2-5-14(6-3-1)16-11-21(12-16)13-17-9-18(22-20-17)15-7-4-8-19-10-15/h1-10,16H,11-13H2. The molecule has 1 saturated heterocycles. The molecule has 0 spiro atoms. The summed E-state index contributed by atoms with van der Waals surface area (Å²) in [4.78, 5) is 6.50. The molecule has 0 radical (unpaired) electrons. The quantitative estimate of drug-likeness (QED) is 0.739.